The van der Waals surface area contributed by atoms with Gasteiger partial charge >= 0.3 is 5.97 Å². The third-order valence-electron chi connectivity index (χ3n) is 2.60. The minimum Gasteiger partial charge on any atom is -0.478 e. The second-order valence-electron chi connectivity index (χ2n) is 4.65. The Morgan fingerprint density at radius 1 is 1.37 bits per heavy atom. The van der Waals surface area contributed by atoms with E-state index in [1.807, 2.05) is 0 Å². The van der Waals surface area contributed by atoms with E-state index in [9.17, 15) is 14.4 Å². The van der Waals surface area contributed by atoms with Crippen molar-refractivity contribution in [3.63, 3.8) is 0 Å². The van der Waals surface area contributed by atoms with Gasteiger partial charge in [-0.15, -0.1) is 0 Å². The fourth-order valence-electron chi connectivity index (χ4n) is 1.37. The summed E-state index contributed by atoms with van der Waals surface area (Å²) in [5.41, 5.74) is -0.872. The van der Waals surface area contributed by atoms with Gasteiger partial charge in [-0.2, -0.15) is 0 Å². The Morgan fingerprint density at radius 2 is 2.00 bits per heavy atom. The van der Waals surface area contributed by atoms with Crippen LogP contribution in [0.5, 0.6) is 0 Å². The van der Waals surface area contributed by atoms with Gasteiger partial charge in [-0.05, 0) is 13.8 Å². The summed E-state index contributed by atoms with van der Waals surface area (Å²) in [6.45, 7) is 3.46. The molecule has 0 aromatic carbocycles. The SMILES string of the molecule is CNC(=O)C(C)(C)CNC(=O)c1cc(C(=O)O)co1. The van der Waals surface area contributed by atoms with Crippen molar-refractivity contribution >= 4 is 17.8 Å². The lowest BCUT2D eigenvalue weighted by atomic mass is 9.92. The molecular weight excluding hydrogens is 252 g/mol. The lowest BCUT2D eigenvalue weighted by molar-refractivity contribution is -0.128. The van der Waals surface area contributed by atoms with Gasteiger partial charge in [0.2, 0.25) is 5.91 Å². The first-order chi connectivity index (χ1) is 8.77. The fraction of sp³-hybridized carbons (Fsp3) is 0.417. The molecule has 0 aliphatic rings. The summed E-state index contributed by atoms with van der Waals surface area (Å²) in [5.74, 6) is -2.05. The quantitative estimate of drug-likeness (QED) is 0.719. The van der Waals surface area contributed by atoms with Crippen LogP contribution in [0, 0.1) is 5.41 Å². The standard InChI is InChI=1S/C12H16N2O5/c1-12(2,11(18)13-3)6-14-9(15)8-4-7(5-19-8)10(16)17/h4-5H,6H2,1-3H3,(H,13,18)(H,14,15)(H,16,17). The first-order valence-electron chi connectivity index (χ1n) is 5.60. The minimum absolute atomic E-state index is 0.101. The highest BCUT2D eigenvalue weighted by atomic mass is 16.4. The normalized spacial score (nSPS) is 10.9. The largest absolute Gasteiger partial charge is 0.478 e. The molecule has 2 amide bonds. The molecule has 1 aromatic heterocycles. The molecule has 1 rings (SSSR count). The molecule has 0 bridgehead atoms. The molecule has 7 heteroatoms. The number of nitrogens with one attached hydrogen (secondary N) is 2. The van der Waals surface area contributed by atoms with Crippen molar-refractivity contribution in [2.24, 2.45) is 5.41 Å². The number of carboxylic acids is 1. The summed E-state index contributed by atoms with van der Waals surface area (Å²) < 4.78 is 4.85. The topological polar surface area (TPSA) is 109 Å². The highest BCUT2D eigenvalue weighted by Gasteiger charge is 2.27. The van der Waals surface area contributed by atoms with E-state index in [1.54, 1.807) is 13.8 Å². The van der Waals surface area contributed by atoms with Crippen LogP contribution < -0.4 is 10.6 Å². The van der Waals surface area contributed by atoms with Gasteiger partial charge in [-0.25, -0.2) is 4.79 Å². The monoisotopic (exact) mass is 268 g/mol. The van der Waals surface area contributed by atoms with E-state index >= 15 is 0 Å². The first-order valence-corrected chi connectivity index (χ1v) is 5.60. The van der Waals surface area contributed by atoms with Crippen LogP contribution in [0.25, 0.3) is 0 Å². The summed E-state index contributed by atoms with van der Waals surface area (Å²) in [7, 11) is 1.51. The summed E-state index contributed by atoms with van der Waals surface area (Å²) in [5, 5.41) is 13.7. The molecule has 0 atom stereocenters. The number of carbonyl (C=O) groups excluding carboxylic acids is 2. The van der Waals surface area contributed by atoms with E-state index < -0.39 is 17.3 Å². The molecule has 0 aliphatic heterocycles. The van der Waals surface area contributed by atoms with Gasteiger partial charge in [0.1, 0.15) is 6.26 Å². The third-order valence-corrected chi connectivity index (χ3v) is 2.60. The summed E-state index contributed by atoms with van der Waals surface area (Å²) >= 11 is 0. The van der Waals surface area contributed by atoms with Crippen LogP contribution in [-0.2, 0) is 4.79 Å². The lowest BCUT2D eigenvalue weighted by Crippen LogP contribution is -2.43. The zero-order valence-corrected chi connectivity index (χ0v) is 10.9. The number of rotatable bonds is 5. The smallest absolute Gasteiger partial charge is 0.338 e. The number of carboxylic acid groups (broad SMARTS) is 1. The molecule has 0 saturated carbocycles. The van der Waals surface area contributed by atoms with Crippen molar-refractivity contribution < 1.29 is 23.9 Å². The van der Waals surface area contributed by atoms with E-state index in [4.69, 9.17) is 9.52 Å². The number of hydrogen-bond acceptors (Lipinski definition) is 4. The van der Waals surface area contributed by atoms with Gasteiger partial charge in [0.25, 0.3) is 5.91 Å². The van der Waals surface area contributed by atoms with Gasteiger partial charge < -0.3 is 20.2 Å². The predicted octanol–water partition coefficient (Wildman–Crippen LogP) is 0.480. The predicted molar refractivity (Wildman–Crippen MR) is 65.8 cm³/mol. The van der Waals surface area contributed by atoms with Gasteiger partial charge in [0.15, 0.2) is 5.76 Å². The minimum atomic E-state index is -1.17. The summed E-state index contributed by atoms with van der Waals surface area (Å²) in [6.07, 6.45) is 0.987. The number of amides is 2. The Hall–Kier alpha value is -2.31. The Kier molecular flexibility index (Phi) is 4.31. The Labute approximate surface area is 110 Å². The molecule has 19 heavy (non-hydrogen) atoms. The molecule has 0 spiro atoms. The van der Waals surface area contributed by atoms with Crippen molar-refractivity contribution in [2.45, 2.75) is 13.8 Å². The molecule has 0 aliphatic carbocycles. The van der Waals surface area contributed by atoms with Gasteiger partial charge in [-0.1, -0.05) is 0 Å². The zero-order chi connectivity index (χ0) is 14.6. The highest BCUT2D eigenvalue weighted by Crippen LogP contribution is 2.14. The first kappa shape index (κ1) is 14.7. The Balaban J connectivity index is 2.65. The van der Waals surface area contributed by atoms with E-state index in [0.29, 0.717) is 0 Å². The third kappa shape index (κ3) is 3.57. The molecule has 0 saturated heterocycles. The van der Waals surface area contributed by atoms with Crippen molar-refractivity contribution in [2.75, 3.05) is 13.6 Å². The van der Waals surface area contributed by atoms with Crippen LogP contribution >= 0.6 is 0 Å². The number of furan rings is 1. The van der Waals surface area contributed by atoms with Crippen molar-refractivity contribution in [3.8, 4) is 0 Å². The van der Waals surface area contributed by atoms with Crippen LogP contribution in [-0.4, -0.2) is 36.5 Å². The maximum Gasteiger partial charge on any atom is 0.338 e. The van der Waals surface area contributed by atoms with Gasteiger partial charge in [0.05, 0.1) is 11.0 Å². The molecule has 3 N–H and O–H groups in total. The average molecular weight is 268 g/mol. The average Bonchev–Trinajstić information content (AvgIpc) is 2.84. The molecule has 0 unspecified atom stereocenters. The van der Waals surface area contributed by atoms with E-state index in [0.717, 1.165) is 12.3 Å². The number of aromatic carboxylic acids is 1. The summed E-state index contributed by atoms with van der Waals surface area (Å²) in [6, 6.07) is 1.13. The van der Waals surface area contributed by atoms with Crippen molar-refractivity contribution in [3.05, 3.63) is 23.7 Å². The maximum absolute atomic E-state index is 11.7. The van der Waals surface area contributed by atoms with Crippen LogP contribution in [0.2, 0.25) is 0 Å². The molecular formula is C12H16N2O5. The summed E-state index contributed by atoms with van der Waals surface area (Å²) in [4.78, 5) is 33.9. The van der Waals surface area contributed by atoms with Crippen LogP contribution in [0.3, 0.4) is 0 Å². The fourth-order valence-corrected chi connectivity index (χ4v) is 1.37. The molecule has 1 aromatic rings. The number of carbonyl (C=O) groups is 3. The van der Waals surface area contributed by atoms with Crippen LogP contribution in [0.15, 0.2) is 16.7 Å². The molecule has 104 valence electrons. The second-order valence-corrected chi connectivity index (χ2v) is 4.65. The van der Waals surface area contributed by atoms with E-state index in [2.05, 4.69) is 10.6 Å². The van der Waals surface area contributed by atoms with Crippen molar-refractivity contribution in [1.29, 1.82) is 0 Å². The number of hydrogen-bond donors (Lipinski definition) is 3. The molecule has 0 radical (unpaired) electrons. The highest BCUT2D eigenvalue weighted by molar-refractivity contribution is 5.95. The molecule has 7 nitrogen and oxygen atoms in total. The maximum atomic E-state index is 11.7. The Bertz CT molecular complexity index is 504. The van der Waals surface area contributed by atoms with E-state index in [1.165, 1.54) is 7.05 Å². The zero-order valence-electron chi connectivity index (χ0n) is 10.9. The van der Waals surface area contributed by atoms with Gasteiger partial charge in [-0.3, -0.25) is 9.59 Å². The van der Waals surface area contributed by atoms with Crippen LogP contribution in [0.1, 0.15) is 34.8 Å². The molecule has 1 heterocycles. The second kappa shape index (κ2) is 5.55. The van der Waals surface area contributed by atoms with Crippen molar-refractivity contribution in [1.82, 2.24) is 10.6 Å². The Morgan fingerprint density at radius 3 is 2.47 bits per heavy atom. The lowest BCUT2D eigenvalue weighted by Gasteiger charge is -2.22. The van der Waals surface area contributed by atoms with Gasteiger partial charge in [0, 0.05) is 19.7 Å². The van der Waals surface area contributed by atoms with E-state index in [-0.39, 0.29) is 23.8 Å². The van der Waals surface area contributed by atoms with Crippen LogP contribution in [0.4, 0.5) is 0 Å². The molecule has 0 fully saturated rings.